The molecule has 0 radical (unpaired) electrons. The van der Waals surface area contributed by atoms with Crippen LogP contribution in [0.15, 0.2) is 46.9 Å². The Morgan fingerprint density at radius 3 is 2.40 bits per heavy atom. The molecule has 0 saturated heterocycles. The van der Waals surface area contributed by atoms with Crippen LogP contribution in [0.3, 0.4) is 0 Å². The van der Waals surface area contributed by atoms with E-state index in [1.807, 2.05) is 49.4 Å². The first-order valence-electron chi connectivity index (χ1n) is 6.45. The van der Waals surface area contributed by atoms with Crippen molar-refractivity contribution in [1.82, 2.24) is 5.32 Å². The third kappa shape index (κ3) is 4.51. The molecule has 0 spiro atoms. The quantitative estimate of drug-likeness (QED) is 0.889. The van der Waals surface area contributed by atoms with Crippen LogP contribution in [-0.2, 0) is 16.4 Å². The second-order valence-corrected chi connectivity index (χ2v) is 7.13. The van der Waals surface area contributed by atoms with Crippen molar-refractivity contribution >= 4 is 9.84 Å². The molecule has 0 aliphatic heterocycles. The van der Waals surface area contributed by atoms with Gasteiger partial charge in [0, 0.05) is 12.3 Å². The van der Waals surface area contributed by atoms with Gasteiger partial charge in [-0.1, -0.05) is 30.3 Å². The van der Waals surface area contributed by atoms with Crippen molar-refractivity contribution in [3.05, 3.63) is 59.5 Å². The van der Waals surface area contributed by atoms with Crippen LogP contribution in [0.4, 0.5) is 0 Å². The molecule has 1 N–H and O–H groups in total. The first-order valence-corrected chi connectivity index (χ1v) is 8.51. The Labute approximate surface area is 119 Å². The van der Waals surface area contributed by atoms with Crippen molar-refractivity contribution in [2.24, 2.45) is 0 Å². The molecule has 1 unspecified atom stereocenters. The lowest BCUT2D eigenvalue weighted by atomic mass is 10.1. The molecule has 0 aliphatic carbocycles. The van der Waals surface area contributed by atoms with Crippen molar-refractivity contribution in [2.75, 3.05) is 12.0 Å². The normalized spacial score (nSPS) is 13.3. The summed E-state index contributed by atoms with van der Waals surface area (Å²) in [7, 11) is -3.06. The number of aryl methyl sites for hydroxylation is 1. The van der Waals surface area contributed by atoms with Crippen LogP contribution >= 0.6 is 0 Å². The van der Waals surface area contributed by atoms with E-state index in [9.17, 15) is 8.42 Å². The van der Waals surface area contributed by atoms with Crippen molar-refractivity contribution in [1.29, 1.82) is 0 Å². The predicted molar refractivity (Wildman–Crippen MR) is 79.2 cm³/mol. The Bertz CT molecular complexity index is 647. The van der Waals surface area contributed by atoms with Crippen LogP contribution in [0.2, 0.25) is 0 Å². The molecule has 20 heavy (non-hydrogen) atoms. The van der Waals surface area contributed by atoms with Crippen LogP contribution in [0.1, 0.15) is 23.1 Å². The van der Waals surface area contributed by atoms with Gasteiger partial charge in [0.05, 0.1) is 12.3 Å². The maximum atomic E-state index is 11.6. The van der Waals surface area contributed by atoms with Crippen LogP contribution in [-0.4, -0.2) is 20.4 Å². The zero-order valence-electron chi connectivity index (χ0n) is 11.7. The summed E-state index contributed by atoms with van der Waals surface area (Å²) in [6.07, 6.45) is 1.25. The summed E-state index contributed by atoms with van der Waals surface area (Å²) >= 11 is 0. The summed E-state index contributed by atoms with van der Waals surface area (Å²) in [4.78, 5) is 0. The van der Waals surface area contributed by atoms with Crippen molar-refractivity contribution < 1.29 is 12.8 Å². The maximum absolute atomic E-state index is 11.6. The molecule has 2 aromatic rings. The van der Waals surface area contributed by atoms with Crippen molar-refractivity contribution in [3.8, 4) is 0 Å². The summed E-state index contributed by atoms with van der Waals surface area (Å²) < 4.78 is 28.6. The van der Waals surface area contributed by atoms with E-state index >= 15 is 0 Å². The Kier molecular flexibility index (Phi) is 4.62. The van der Waals surface area contributed by atoms with Gasteiger partial charge in [0.25, 0.3) is 0 Å². The summed E-state index contributed by atoms with van der Waals surface area (Å²) in [5.74, 6) is 1.72. The summed E-state index contributed by atoms with van der Waals surface area (Å²) in [6, 6.07) is 13.1. The van der Waals surface area contributed by atoms with E-state index in [0.717, 1.165) is 17.1 Å². The number of rotatable bonds is 6. The van der Waals surface area contributed by atoms with Gasteiger partial charge in [0.15, 0.2) is 0 Å². The summed E-state index contributed by atoms with van der Waals surface area (Å²) in [5, 5.41) is 3.25. The minimum Gasteiger partial charge on any atom is -0.465 e. The average Bonchev–Trinajstić information content (AvgIpc) is 2.80. The van der Waals surface area contributed by atoms with Crippen LogP contribution in [0, 0.1) is 6.92 Å². The molecule has 1 heterocycles. The van der Waals surface area contributed by atoms with Crippen LogP contribution < -0.4 is 5.32 Å². The maximum Gasteiger partial charge on any atom is 0.149 e. The molecule has 1 atom stereocenters. The van der Waals surface area contributed by atoms with E-state index in [0.29, 0.717) is 6.54 Å². The highest BCUT2D eigenvalue weighted by Crippen LogP contribution is 2.16. The Morgan fingerprint density at radius 1 is 1.15 bits per heavy atom. The topological polar surface area (TPSA) is 59.3 Å². The van der Waals surface area contributed by atoms with Gasteiger partial charge in [-0.3, -0.25) is 0 Å². The molecular weight excluding hydrogens is 274 g/mol. The highest BCUT2D eigenvalue weighted by atomic mass is 32.2. The summed E-state index contributed by atoms with van der Waals surface area (Å²) in [5.41, 5.74) is 0.959. The second-order valence-electron chi connectivity index (χ2n) is 4.95. The molecule has 5 heteroatoms. The van der Waals surface area contributed by atoms with Gasteiger partial charge >= 0.3 is 0 Å². The second kappa shape index (κ2) is 6.24. The lowest BCUT2D eigenvalue weighted by Crippen LogP contribution is -2.27. The number of hydrogen-bond donors (Lipinski definition) is 1. The SMILES string of the molecule is Cc1ccc(CNC(CS(C)(=O)=O)c2ccccc2)o1. The van der Waals surface area contributed by atoms with Gasteiger partial charge in [0.1, 0.15) is 21.4 Å². The van der Waals surface area contributed by atoms with Gasteiger partial charge in [0.2, 0.25) is 0 Å². The molecule has 4 nitrogen and oxygen atoms in total. The van der Waals surface area contributed by atoms with Gasteiger partial charge in [-0.25, -0.2) is 8.42 Å². The number of nitrogens with one attached hydrogen (secondary N) is 1. The molecule has 0 bridgehead atoms. The lowest BCUT2D eigenvalue weighted by Gasteiger charge is -2.17. The Morgan fingerprint density at radius 2 is 1.85 bits per heavy atom. The number of hydrogen-bond acceptors (Lipinski definition) is 4. The lowest BCUT2D eigenvalue weighted by molar-refractivity contribution is 0.443. The van der Waals surface area contributed by atoms with Gasteiger partial charge in [-0.2, -0.15) is 0 Å². The first-order chi connectivity index (χ1) is 9.44. The minimum atomic E-state index is -3.06. The van der Waals surface area contributed by atoms with E-state index < -0.39 is 9.84 Å². The highest BCUT2D eigenvalue weighted by molar-refractivity contribution is 7.90. The standard InChI is InChI=1S/C15H19NO3S/c1-12-8-9-14(19-12)10-16-15(11-20(2,17)18)13-6-4-3-5-7-13/h3-9,15-16H,10-11H2,1-2H3. The van der Waals surface area contributed by atoms with Gasteiger partial charge in [-0.05, 0) is 24.6 Å². The third-order valence-corrected chi connectivity index (χ3v) is 3.93. The molecular formula is C15H19NO3S. The number of furan rings is 1. The molecule has 0 aliphatic rings. The fraction of sp³-hybridized carbons (Fsp3) is 0.333. The van der Waals surface area contributed by atoms with E-state index in [1.54, 1.807) is 0 Å². The largest absolute Gasteiger partial charge is 0.465 e. The summed E-state index contributed by atoms with van der Waals surface area (Å²) in [6.45, 7) is 2.39. The zero-order valence-corrected chi connectivity index (χ0v) is 12.5. The molecule has 0 fully saturated rings. The molecule has 1 aromatic carbocycles. The molecule has 108 valence electrons. The molecule has 0 saturated carbocycles. The Hall–Kier alpha value is -1.59. The smallest absolute Gasteiger partial charge is 0.149 e. The third-order valence-electron chi connectivity index (χ3n) is 2.99. The van der Waals surface area contributed by atoms with Crippen molar-refractivity contribution in [3.63, 3.8) is 0 Å². The number of benzene rings is 1. The monoisotopic (exact) mass is 293 g/mol. The van der Waals surface area contributed by atoms with Crippen molar-refractivity contribution in [2.45, 2.75) is 19.5 Å². The minimum absolute atomic E-state index is 0.0662. The fourth-order valence-corrected chi connectivity index (χ4v) is 2.98. The molecule has 0 amide bonds. The van der Waals surface area contributed by atoms with E-state index in [2.05, 4.69) is 5.32 Å². The van der Waals surface area contributed by atoms with E-state index in [-0.39, 0.29) is 11.8 Å². The average molecular weight is 293 g/mol. The van der Waals surface area contributed by atoms with Crippen LogP contribution in [0.25, 0.3) is 0 Å². The van der Waals surface area contributed by atoms with Gasteiger partial charge in [-0.15, -0.1) is 0 Å². The van der Waals surface area contributed by atoms with Gasteiger partial charge < -0.3 is 9.73 Å². The van der Waals surface area contributed by atoms with E-state index in [1.165, 1.54) is 6.26 Å². The van der Waals surface area contributed by atoms with Crippen LogP contribution in [0.5, 0.6) is 0 Å². The van der Waals surface area contributed by atoms with E-state index in [4.69, 9.17) is 4.42 Å². The predicted octanol–water partition coefficient (Wildman–Crippen LogP) is 2.46. The Balaban J connectivity index is 2.10. The fourth-order valence-electron chi connectivity index (χ4n) is 2.07. The first kappa shape index (κ1) is 14.8. The zero-order chi connectivity index (χ0) is 14.6. The molecule has 2 rings (SSSR count). The number of sulfone groups is 1. The highest BCUT2D eigenvalue weighted by Gasteiger charge is 2.17. The molecule has 1 aromatic heterocycles.